The Hall–Kier alpha value is -1.30. The quantitative estimate of drug-likeness (QED) is 0.814. The zero-order valence-electron chi connectivity index (χ0n) is 13.9. The first-order valence-electron chi connectivity index (χ1n) is 8.55. The number of carbonyl (C=O) groups is 1. The lowest BCUT2D eigenvalue weighted by Gasteiger charge is -2.27. The van der Waals surface area contributed by atoms with Crippen LogP contribution in [-0.4, -0.2) is 42.6 Å². The Morgan fingerprint density at radius 1 is 1.12 bits per heavy atom. The summed E-state index contributed by atoms with van der Waals surface area (Å²) in [5, 5.41) is 5.69. The molecular formula is C19H22BrClN2O2. The second kappa shape index (κ2) is 7.94. The second-order valence-corrected chi connectivity index (χ2v) is 7.54. The Morgan fingerprint density at radius 3 is 2.76 bits per heavy atom. The Balaban J connectivity index is 0.00000182. The van der Waals surface area contributed by atoms with Crippen molar-refractivity contribution in [2.45, 2.75) is 31.3 Å². The number of rotatable bonds is 3. The van der Waals surface area contributed by atoms with Crippen molar-refractivity contribution >= 4 is 45.0 Å². The van der Waals surface area contributed by atoms with Crippen LogP contribution in [0.3, 0.4) is 0 Å². The molecule has 0 spiro atoms. The monoisotopic (exact) mass is 424 g/mol. The zero-order valence-corrected chi connectivity index (χ0v) is 16.3. The largest absolute Gasteiger partial charge is 0.484 e. The van der Waals surface area contributed by atoms with Crippen LogP contribution in [0.25, 0.3) is 10.8 Å². The maximum atomic E-state index is 12.7. The predicted molar refractivity (Wildman–Crippen MR) is 106 cm³/mol. The Morgan fingerprint density at radius 2 is 1.88 bits per heavy atom. The highest BCUT2D eigenvalue weighted by Crippen LogP contribution is 2.28. The number of hydrogen-bond donors (Lipinski definition) is 1. The molecule has 2 aromatic rings. The van der Waals surface area contributed by atoms with Gasteiger partial charge in [0.15, 0.2) is 6.61 Å². The first-order valence-corrected chi connectivity index (χ1v) is 9.34. The van der Waals surface area contributed by atoms with E-state index in [0.717, 1.165) is 53.3 Å². The minimum atomic E-state index is 0. The minimum absolute atomic E-state index is 0. The fourth-order valence-corrected chi connectivity index (χ4v) is 4.27. The van der Waals surface area contributed by atoms with Crippen molar-refractivity contribution in [3.63, 3.8) is 0 Å². The summed E-state index contributed by atoms with van der Waals surface area (Å²) in [4.78, 5) is 14.7. The first-order chi connectivity index (χ1) is 11.7. The van der Waals surface area contributed by atoms with Crippen LogP contribution >= 0.6 is 28.3 Å². The van der Waals surface area contributed by atoms with Gasteiger partial charge >= 0.3 is 0 Å². The van der Waals surface area contributed by atoms with Crippen molar-refractivity contribution < 1.29 is 9.53 Å². The Kier molecular flexibility index (Phi) is 5.87. The zero-order chi connectivity index (χ0) is 16.5. The summed E-state index contributed by atoms with van der Waals surface area (Å²) in [6.07, 6.45) is 3.28. The molecule has 2 unspecified atom stereocenters. The Bertz CT molecular complexity index is 756. The smallest absolute Gasteiger partial charge is 0.261 e. The molecule has 2 bridgehead atoms. The third kappa shape index (κ3) is 3.94. The van der Waals surface area contributed by atoms with Gasteiger partial charge in [-0.15, -0.1) is 12.4 Å². The first kappa shape index (κ1) is 18.5. The van der Waals surface area contributed by atoms with Crippen LogP contribution in [0.15, 0.2) is 40.9 Å². The van der Waals surface area contributed by atoms with Crippen molar-refractivity contribution in [2.24, 2.45) is 0 Å². The summed E-state index contributed by atoms with van der Waals surface area (Å²) in [5.74, 6) is 0.862. The van der Waals surface area contributed by atoms with Gasteiger partial charge in [-0.3, -0.25) is 4.79 Å². The number of halogens is 2. The molecule has 2 aromatic carbocycles. The van der Waals surface area contributed by atoms with Gasteiger partial charge in [0.05, 0.1) is 0 Å². The predicted octanol–water partition coefficient (Wildman–Crippen LogP) is 3.76. The van der Waals surface area contributed by atoms with E-state index in [1.165, 1.54) is 0 Å². The van der Waals surface area contributed by atoms with Gasteiger partial charge in [-0.1, -0.05) is 28.1 Å². The van der Waals surface area contributed by atoms with Gasteiger partial charge < -0.3 is 15.0 Å². The molecule has 2 saturated heterocycles. The summed E-state index contributed by atoms with van der Waals surface area (Å²) in [6, 6.07) is 12.8. The van der Waals surface area contributed by atoms with Crippen LogP contribution in [0.5, 0.6) is 5.75 Å². The van der Waals surface area contributed by atoms with Gasteiger partial charge in [-0.25, -0.2) is 0 Å². The fraction of sp³-hybridized carbons (Fsp3) is 0.421. The van der Waals surface area contributed by atoms with Crippen molar-refractivity contribution in [3.8, 4) is 5.75 Å². The van der Waals surface area contributed by atoms with E-state index < -0.39 is 0 Å². The molecule has 25 heavy (non-hydrogen) atoms. The van der Waals surface area contributed by atoms with E-state index in [4.69, 9.17) is 4.74 Å². The SMILES string of the molecule is Cl.O=C(COc1ccc2cc(Br)ccc2c1)N1C2CCNCC1CC2. The van der Waals surface area contributed by atoms with Gasteiger partial charge in [0.1, 0.15) is 5.75 Å². The summed E-state index contributed by atoms with van der Waals surface area (Å²) >= 11 is 3.48. The fourth-order valence-electron chi connectivity index (χ4n) is 3.89. The molecule has 2 aliphatic heterocycles. The van der Waals surface area contributed by atoms with Gasteiger partial charge in [0.2, 0.25) is 0 Å². The van der Waals surface area contributed by atoms with E-state index in [0.29, 0.717) is 12.1 Å². The molecule has 0 saturated carbocycles. The van der Waals surface area contributed by atoms with Gasteiger partial charge in [-0.05, 0) is 60.8 Å². The normalized spacial score (nSPS) is 22.4. The van der Waals surface area contributed by atoms with E-state index in [1.54, 1.807) is 0 Å². The molecule has 1 amide bonds. The third-order valence-corrected chi connectivity index (χ3v) is 5.57. The molecule has 2 aliphatic rings. The van der Waals surface area contributed by atoms with E-state index >= 15 is 0 Å². The number of ether oxygens (including phenoxy) is 1. The molecule has 4 rings (SSSR count). The van der Waals surface area contributed by atoms with Gasteiger partial charge in [0.25, 0.3) is 5.91 Å². The molecule has 2 heterocycles. The molecule has 2 fully saturated rings. The maximum Gasteiger partial charge on any atom is 0.261 e. The number of nitrogens with one attached hydrogen (secondary N) is 1. The maximum absolute atomic E-state index is 12.7. The average molecular weight is 426 g/mol. The lowest BCUT2D eigenvalue weighted by atomic mass is 10.1. The number of benzene rings is 2. The van der Waals surface area contributed by atoms with Crippen molar-refractivity contribution in [3.05, 3.63) is 40.9 Å². The molecule has 134 valence electrons. The van der Waals surface area contributed by atoms with Crippen molar-refractivity contribution in [1.29, 1.82) is 0 Å². The number of carbonyl (C=O) groups excluding carboxylic acids is 1. The lowest BCUT2D eigenvalue weighted by molar-refractivity contribution is -0.136. The summed E-state index contributed by atoms with van der Waals surface area (Å²) in [6.45, 7) is 2.04. The van der Waals surface area contributed by atoms with Crippen LogP contribution in [0.4, 0.5) is 0 Å². The highest BCUT2D eigenvalue weighted by atomic mass is 79.9. The molecular weight excluding hydrogens is 404 g/mol. The lowest BCUT2D eigenvalue weighted by Crippen LogP contribution is -2.44. The summed E-state index contributed by atoms with van der Waals surface area (Å²) in [5.41, 5.74) is 0. The van der Waals surface area contributed by atoms with Gasteiger partial charge in [-0.2, -0.15) is 0 Å². The second-order valence-electron chi connectivity index (χ2n) is 6.62. The summed E-state index contributed by atoms with van der Waals surface area (Å²) < 4.78 is 6.86. The number of nitrogens with zero attached hydrogens (tertiary/aromatic N) is 1. The molecule has 0 aliphatic carbocycles. The van der Waals surface area contributed by atoms with E-state index in [1.807, 2.05) is 24.3 Å². The number of hydrogen-bond acceptors (Lipinski definition) is 3. The average Bonchev–Trinajstić information content (AvgIpc) is 2.85. The van der Waals surface area contributed by atoms with Crippen LogP contribution in [0.1, 0.15) is 19.3 Å². The molecule has 0 aromatic heterocycles. The molecule has 4 nitrogen and oxygen atoms in total. The van der Waals surface area contributed by atoms with Crippen LogP contribution < -0.4 is 10.1 Å². The minimum Gasteiger partial charge on any atom is -0.484 e. The van der Waals surface area contributed by atoms with E-state index in [-0.39, 0.29) is 24.9 Å². The van der Waals surface area contributed by atoms with Crippen LogP contribution in [0.2, 0.25) is 0 Å². The van der Waals surface area contributed by atoms with Gasteiger partial charge in [0, 0.05) is 23.1 Å². The van der Waals surface area contributed by atoms with Crippen molar-refractivity contribution in [1.82, 2.24) is 10.2 Å². The number of amides is 1. The van der Waals surface area contributed by atoms with E-state index in [2.05, 4.69) is 38.3 Å². The van der Waals surface area contributed by atoms with E-state index in [9.17, 15) is 4.79 Å². The topological polar surface area (TPSA) is 41.6 Å². The Labute approximate surface area is 162 Å². The highest BCUT2D eigenvalue weighted by molar-refractivity contribution is 9.10. The van der Waals surface area contributed by atoms with Crippen LogP contribution in [-0.2, 0) is 4.79 Å². The van der Waals surface area contributed by atoms with Crippen LogP contribution in [0, 0.1) is 0 Å². The summed E-state index contributed by atoms with van der Waals surface area (Å²) in [7, 11) is 0. The highest BCUT2D eigenvalue weighted by Gasteiger charge is 2.37. The third-order valence-electron chi connectivity index (χ3n) is 5.08. The van der Waals surface area contributed by atoms with Crippen molar-refractivity contribution in [2.75, 3.05) is 19.7 Å². The molecule has 0 radical (unpaired) electrons. The molecule has 1 N–H and O–H groups in total. The molecule has 2 atom stereocenters. The standard InChI is InChI=1S/C19H21BrN2O2.ClH/c20-15-3-1-14-10-18(6-2-13(14)9-15)24-12-19(23)22-16-4-5-17(22)11-21-8-7-16;/h1-3,6,9-10,16-17,21H,4-5,7-8,11-12H2;1H. The molecule has 6 heteroatoms. The number of fused-ring (bicyclic) bond motifs is 3.